The molecule has 1 atom stereocenters. The Labute approximate surface area is 124 Å². The molecule has 0 saturated carbocycles. The van der Waals surface area contributed by atoms with Crippen LogP contribution in [-0.4, -0.2) is 9.55 Å². The van der Waals surface area contributed by atoms with Gasteiger partial charge in [-0.1, -0.05) is 15.9 Å². The summed E-state index contributed by atoms with van der Waals surface area (Å²) in [6, 6.07) is 10.5. The molecule has 0 spiro atoms. The number of imidazole rings is 1. The fraction of sp³-hybridized carbons (Fsp3) is 0.214. The highest BCUT2D eigenvalue weighted by Gasteiger charge is 2.17. The van der Waals surface area contributed by atoms with E-state index in [2.05, 4.69) is 57.5 Å². The highest BCUT2D eigenvalue weighted by molar-refractivity contribution is 9.10. The van der Waals surface area contributed by atoms with Crippen LogP contribution in [-0.2, 0) is 0 Å². The van der Waals surface area contributed by atoms with Gasteiger partial charge in [0.05, 0.1) is 17.1 Å². The summed E-state index contributed by atoms with van der Waals surface area (Å²) in [5.74, 6) is 0.562. The average molecular weight is 336 g/mol. The second kappa shape index (κ2) is 4.65. The first kappa shape index (κ1) is 12.7. The van der Waals surface area contributed by atoms with Crippen LogP contribution in [0.3, 0.4) is 0 Å². The molecule has 19 heavy (non-hydrogen) atoms. The Morgan fingerprint density at radius 3 is 2.79 bits per heavy atom. The Morgan fingerprint density at radius 2 is 2.11 bits per heavy atom. The van der Waals surface area contributed by atoms with Crippen molar-refractivity contribution >= 4 is 44.2 Å². The van der Waals surface area contributed by atoms with E-state index in [0.29, 0.717) is 5.95 Å². The zero-order valence-corrected chi connectivity index (χ0v) is 13.1. The quantitative estimate of drug-likeness (QED) is 0.756. The summed E-state index contributed by atoms with van der Waals surface area (Å²) >= 11 is 5.31. The Bertz CT molecular complexity index is 744. The minimum atomic E-state index is 0.193. The number of hydrogen-bond acceptors (Lipinski definition) is 3. The van der Waals surface area contributed by atoms with Gasteiger partial charge in [-0.15, -0.1) is 11.3 Å². The van der Waals surface area contributed by atoms with E-state index in [1.807, 2.05) is 12.1 Å². The molecule has 2 aromatic heterocycles. The molecule has 98 valence electrons. The maximum absolute atomic E-state index is 6.09. The number of fused-ring (bicyclic) bond motifs is 1. The second-order valence-corrected chi connectivity index (χ2v) is 6.83. The van der Waals surface area contributed by atoms with Crippen LogP contribution in [0.25, 0.3) is 11.0 Å². The van der Waals surface area contributed by atoms with E-state index in [9.17, 15) is 0 Å². The normalized spacial score (nSPS) is 13.0. The van der Waals surface area contributed by atoms with Crippen molar-refractivity contribution in [2.75, 3.05) is 5.73 Å². The largest absolute Gasteiger partial charge is 0.369 e. The summed E-state index contributed by atoms with van der Waals surface area (Å²) in [5.41, 5.74) is 8.08. The van der Waals surface area contributed by atoms with Crippen molar-refractivity contribution in [1.82, 2.24) is 9.55 Å². The number of nitrogens with two attached hydrogens (primary N) is 1. The van der Waals surface area contributed by atoms with Crippen molar-refractivity contribution in [2.24, 2.45) is 0 Å². The average Bonchev–Trinajstić information content (AvgIpc) is 2.91. The highest BCUT2D eigenvalue weighted by atomic mass is 79.9. The Morgan fingerprint density at radius 1 is 1.32 bits per heavy atom. The number of thiophene rings is 1. The lowest BCUT2D eigenvalue weighted by molar-refractivity contribution is 0.680. The first-order valence-corrected chi connectivity index (χ1v) is 7.66. The number of benzene rings is 1. The van der Waals surface area contributed by atoms with Crippen LogP contribution < -0.4 is 5.73 Å². The van der Waals surface area contributed by atoms with Crippen molar-refractivity contribution in [3.05, 3.63) is 44.6 Å². The monoisotopic (exact) mass is 335 g/mol. The summed E-state index contributed by atoms with van der Waals surface area (Å²) in [6.07, 6.45) is 0. The van der Waals surface area contributed by atoms with E-state index < -0.39 is 0 Å². The number of rotatable bonds is 2. The van der Waals surface area contributed by atoms with Crippen LogP contribution in [0, 0.1) is 6.92 Å². The van der Waals surface area contributed by atoms with E-state index in [0.717, 1.165) is 15.5 Å². The molecule has 0 saturated heterocycles. The molecule has 0 radical (unpaired) electrons. The van der Waals surface area contributed by atoms with E-state index in [-0.39, 0.29) is 6.04 Å². The zero-order chi connectivity index (χ0) is 13.6. The molecule has 0 fully saturated rings. The van der Waals surface area contributed by atoms with E-state index in [4.69, 9.17) is 5.73 Å². The van der Waals surface area contributed by atoms with Crippen LogP contribution in [0.5, 0.6) is 0 Å². The number of anilines is 1. The van der Waals surface area contributed by atoms with Gasteiger partial charge < -0.3 is 10.3 Å². The summed E-state index contributed by atoms with van der Waals surface area (Å²) < 4.78 is 3.13. The topological polar surface area (TPSA) is 43.8 Å². The predicted octanol–water partition coefficient (Wildman–Crippen LogP) is 4.36. The lowest BCUT2D eigenvalue weighted by atomic mass is 10.2. The summed E-state index contributed by atoms with van der Waals surface area (Å²) in [5, 5.41) is 0. The summed E-state index contributed by atoms with van der Waals surface area (Å²) in [4.78, 5) is 7.04. The fourth-order valence-electron chi connectivity index (χ4n) is 2.30. The molecule has 3 aromatic rings. The Balaban J connectivity index is 2.18. The maximum atomic E-state index is 6.09. The molecule has 3 nitrogen and oxygen atoms in total. The van der Waals surface area contributed by atoms with Gasteiger partial charge in [-0.2, -0.15) is 0 Å². The van der Waals surface area contributed by atoms with E-state index in [1.165, 1.54) is 9.75 Å². The molecule has 2 N–H and O–H groups in total. The number of nitrogens with zero attached hydrogens (tertiary/aromatic N) is 2. The van der Waals surface area contributed by atoms with Crippen LogP contribution in [0.4, 0.5) is 5.95 Å². The number of hydrogen-bond donors (Lipinski definition) is 1. The minimum Gasteiger partial charge on any atom is -0.369 e. The van der Waals surface area contributed by atoms with Gasteiger partial charge in [-0.3, -0.25) is 0 Å². The third-order valence-electron chi connectivity index (χ3n) is 3.24. The van der Waals surface area contributed by atoms with Gasteiger partial charge in [0.1, 0.15) is 0 Å². The Kier molecular flexibility index (Phi) is 3.11. The molecule has 0 bridgehead atoms. The molecule has 0 aliphatic rings. The van der Waals surface area contributed by atoms with Gasteiger partial charge in [0.15, 0.2) is 0 Å². The van der Waals surface area contributed by atoms with Crippen LogP contribution in [0.1, 0.15) is 22.7 Å². The number of aromatic nitrogens is 2. The van der Waals surface area contributed by atoms with Crippen molar-refractivity contribution in [3.63, 3.8) is 0 Å². The SMILES string of the molecule is Cc1ccc(C(C)n2c(N)nc3ccc(Br)cc32)s1. The van der Waals surface area contributed by atoms with Crippen molar-refractivity contribution in [1.29, 1.82) is 0 Å². The first-order chi connectivity index (χ1) is 9.06. The lowest BCUT2D eigenvalue weighted by Gasteiger charge is -2.14. The second-order valence-electron chi connectivity index (χ2n) is 4.60. The van der Waals surface area contributed by atoms with Crippen LogP contribution in [0.15, 0.2) is 34.8 Å². The molecule has 1 aromatic carbocycles. The molecular formula is C14H14BrN3S. The molecule has 5 heteroatoms. The molecule has 0 amide bonds. The van der Waals surface area contributed by atoms with Crippen molar-refractivity contribution in [3.8, 4) is 0 Å². The number of aryl methyl sites for hydroxylation is 1. The van der Waals surface area contributed by atoms with Crippen LogP contribution >= 0.6 is 27.3 Å². The zero-order valence-electron chi connectivity index (χ0n) is 10.7. The molecule has 3 rings (SSSR count). The smallest absolute Gasteiger partial charge is 0.201 e. The maximum Gasteiger partial charge on any atom is 0.201 e. The van der Waals surface area contributed by atoms with Gasteiger partial charge in [0, 0.05) is 14.2 Å². The number of halogens is 1. The molecule has 0 aliphatic heterocycles. The number of nitrogen functional groups attached to an aromatic ring is 1. The van der Waals surface area contributed by atoms with Gasteiger partial charge >= 0.3 is 0 Å². The molecular weight excluding hydrogens is 322 g/mol. The third kappa shape index (κ3) is 2.17. The first-order valence-electron chi connectivity index (χ1n) is 6.05. The van der Waals surface area contributed by atoms with Gasteiger partial charge in [0.25, 0.3) is 0 Å². The Hall–Kier alpha value is -1.33. The third-order valence-corrected chi connectivity index (χ3v) is 4.90. The highest BCUT2D eigenvalue weighted by Crippen LogP contribution is 2.32. The predicted molar refractivity (Wildman–Crippen MR) is 84.7 cm³/mol. The van der Waals surface area contributed by atoms with Crippen LogP contribution in [0.2, 0.25) is 0 Å². The van der Waals surface area contributed by atoms with E-state index >= 15 is 0 Å². The fourth-order valence-corrected chi connectivity index (χ4v) is 3.57. The lowest BCUT2D eigenvalue weighted by Crippen LogP contribution is -2.08. The molecule has 1 unspecified atom stereocenters. The molecule has 0 aliphatic carbocycles. The summed E-state index contributed by atoms with van der Waals surface area (Å²) in [6.45, 7) is 4.27. The standard InChI is InChI=1S/C14H14BrN3S/c1-8-3-6-13(19-8)9(2)18-12-7-10(15)4-5-11(12)17-14(18)16/h3-7,9H,1-2H3,(H2,16,17). The van der Waals surface area contributed by atoms with Crippen molar-refractivity contribution in [2.45, 2.75) is 19.9 Å². The summed E-state index contributed by atoms with van der Waals surface area (Å²) in [7, 11) is 0. The minimum absolute atomic E-state index is 0.193. The van der Waals surface area contributed by atoms with E-state index in [1.54, 1.807) is 11.3 Å². The van der Waals surface area contributed by atoms with Crippen molar-refractivity contribution < 1.29 is 0 Å². The van der Waals surface area contributed by atoms with Gasteiger partial charge in [-0.25, -0.2) is 4.98 Å². The van der Waals surface area contributed by atoms with Gasteiger partial charge in [0.2, 0.25) is 5.95 Å². The van der Waals surface area contributed by atoms with Gasteiger partial charge in [-0.05, 0) is 44.2 Å². The molecule has 2 heterocycles.